The van der Waals surface area contributed by atoms with Crippen LogP contribution in [0.25, 0.3) is 10.2 Å². The van der Waals surface area contributed by atoms with E-state index in [1.807, 2.05) is 20.8 Å². The van der Waals surface area contributed by atoms with Crippen LogP contribution in [-0.4, -0.2) is 40.8 Å². The van der Waals surface area contributed by atoms with Gasteiger partial charge in [0, 0.05) is 11.4 Å². The molecule has 0 spiro atoms. The summed E-state index contributed by atoms with van der Waals surface area (Å²) in [5.41, 5.74) is 0.915. The molecular weight excluding hydrogens is 404 g/mol. The number of hydrogen-bond acceptors (Lipinski definition) is 6. The van der Waals surface area contributed by atoms with Crippen molar-refractivity contribution in [3.05, 3.63) is 26.6 Å². The van der Waals surface area contributed by atoms with Crippen molar-refractivity contribution in [2.24, 2.45) is 5.92 Å². The van der Waals surface area contributed by atoms with Crippen molar-refractivity contribution in [1.82, 2.24) is 20.6 Å². The summed E-state index contributed by atoms with van der Waals surface area (Å²) in [6.07, 6.45) is 2.22. The van der Waals surface area contributed by atoms with Crippen molar-refractivity contribution in [2.75, 3.05) is 19.6 Å². The number of nitrogens with zero attached hydrogens (tertiary/aromatic N) is 1. The maximum absolute atomic E-state index is 12.3. The lowest BCUT2D eigenvalue weighted by Crippen LogP contribution is -2.32. The highest BCUT2D eigenvalue weighted by Crippen LogP contribution is 2.26. The maximum Gasteiger partial charge on any atom is 0.259 e. The second-order valence-electron chi connectivity index (χ2n) is 6.87. The molecule has 2 aromatic heterocycles. The zero-order chi connectivity index (χ0) is 18.7. The first-order valence-electron chi connectivity index (χ1n) is 9.04. The molecule has 1 fully saturated rings. The fraction of sp³-hybridized carbons (Fsp3) is 0.611. The largest absolute Gasteiger partial charge is 0.355 e. The van der Waals surface area contributed by atoms with Crippen LogP contribution >= 0.6 is 35.5 Å². The number of aromatic amines is 1. The molecule has 0 bridgehead atoms. The Labute approximate surface area is 173 Å². The van der Waals surface area contributed by atoms with Gasteiger partial charge in [-0.3, -0.25) is 9.59 Å². The number of carbonyl (C=O) groups excluding carboxylic acids is 1. The molecule has 0 aromatic carbocycles. The van der Waals surface area contributed by atoms with Gasteiger partial charge in [-0.15, -0.1) is 35.5 Å². The number of nitrogens with one attached hydrogen (secondary N) is 3. The van der Waals surface area contributed by atoms with E-state index in [9.17, 15) is 9.59 Å². The number of thiophene rings is 1. The summed E-state index contributed by atoms with van der Waals surface area (Å²) in [6.45, 7) is 8.72. The average Bonchev–Trinajstić information content (AvgIpc) is 3.21. The number of aromatic nitrogens is 2. The van der Waals surface area contributed by atoms with Crippen molar-refractivity contribution in [2.45, 2.75) is 44.6 Å². The SMILES string of the molecule is Cc1sc2nc(CSC(C)C(=O)NCCC3CCNC3)[nH]c(=O)c2c1C.Cl. The van der Waals surface area contributed by atoms with Crippen LogP contribution in [0.4, 0.5) is 0 Å². The third-order valence-corrected chi connectivity index (χ3v) is 7.20. The van der Waals surface area contributed by atoms with E-state index < -0.39 is 0 Å². The smallest absolute Gasteiger partial charge is 0.259 e. The van der Waals surface area contributed by atoms with Crippen LogP contribution in [0.5, 0.6) is 0 Å². The Kier molecular flexibility index (Phi) is 8.15. The zero-order valence-corrected chi connectivity index (χ0v) is 18.3. The van der Waals surface area contributed by atoms with E-state index in [0.717, 1.165) is 41.3 Å². The molecule has 1 saturated heterocycles. The van der Waals surface area contributed by atoms with E-state index >= 15 is 0 Å². The zero-order valence-electron chi connectivity index (χ0n) is 15.9. The lowest BCUT2D eigenvalue weighted by molar-refractivity contribution is -0.120. The van der Waals surface area contributed by atoms with Gasteiger partial charge in [0.25, 0.3) is 5.56 Å². The van der Waals surface area contributed by atoms with Gasteiger partial charge in [0.2, 0.25) is 5.91 Å². The summed E-state index contributed by atoms with van der Waals surface area (Å²) in [5, 5.41) is 6.87. The summed E-state index contributed by atoms with van der Waals surface area (Å²) >= 11 is 3.04. The molecule has 3 heterocycles. The highest BCUT2D eigenvalue weighted by Gasteiger charge is 2.18. The number of H-pyrrole nitrogens is 1. The van der Waals surface area contributed by atoms with Crippen LogP contribution < -0.4 is 16.2 Å². The van der Waals surface area contributed by atoms with E-state index in [-0.39, 0.29) is 29.1 Å². The molecule has 27 heavy (non-hydrogen) atoms. The Hall–Kier alpha value is -1.09. The third-order valence-electron chi connectivity index (χ3n) is 4.94. The van der Waals surface area contributed by atoms with Gasteiger partial charge in [0.05, 0.1) is 16.4 Å². The van der Waals surface area contributed by atoms with Gasteiger partial charge in [0.1, 0.15) is 10.7 Å². The molecule has 3 N–H and O–H groups in total. The van der Waals surface area contributed by atoms with Gasteiger partial charge in [-0.05, 0) is 58.2 Å². The molecule has 9 heteroatoms. The molecule has 0 aliphatic carbocycles. The van der Waals surface area contributed by atoms with Gasteiger partial charge in [-0.2, -0.15) is 0 Å². The van der Waals surface area contributed by atoms with E-state index in [2.05, 4.69) is 20.6 Å². The lowest BCUT2D eigenvalue weighted by Gasteiger charge is -2.13. The molecule has 2 unspecified atom stereocenters. The number of amides is 1. The molecule has 0 saturated carbocycles. The van der Waals surface area contributed by atoms with Gasteiger partial charge >= 0.3 is 0 Å². The number of aryl methyl sites for hydroxylation is 2. The van der Waals surface area contributed by atoms with Crippen LogP contribution in [0.1, 0.15) is 36.0 Å². The Morgan fingerprint density at radius 1 is 1.44 bits per heavy atom. The van der Waals surface area contributed by atoms with Crippen LogP contribution in [0, 0.1) is 19.8 Å². The predicted octanol–water partition coefficient (Wildman–Crippen LogP) is 2.76. The average molecular weight is 431 g/mol. The van der Waals surface area contributed by atoms with E-state index in [1.54, 1.807) is 11.3 Å². The molecule has 1 aliphatic rings. The third kappa shape index (κ3) is 5.47. The number of halogens is 1. The lowest BCUT2D eigenvalue weighted by atomic mass is 10.1. The van der Waals surface area contributed by atoms with Crippen molar-refractivity contribution in [1.29, 1.82) is 0 Å². The standard InChI is InChI=1S/C18H26N4O2S2.ClH/c1-10-11(2)26-18-15(10)17(24)21-14(22-18)9-25-12(3)16(23)20-7-5-13-4-6-19-8-13;/h12-13,19H,4-9H2,1-3H3,(H,20,23)(H,21,22,24);1H. The summed E-state index contributed by atoms with van der Waals surface area (Å²) in [5.74, 6) is 1.87. The van der Waals surface area contributed by atoms with Gasteiger partial charge < -0.3 is 15.6 Å². The molecular formula is C18H27ClN4O2S2. The molecule has 0 radical (unpaired) electrons. The number of thioether (sulfide) groups is 1. The van der Waals surface area contributed by atoms with Gasteiger partial charge in [-0.25, -0.2) is 4.98 Å². The van der Waals surface area contributed by atoms with Crippen LogP contribution in [-0.2, 0) is 10.5 Å². The second-order valence-corrected chi connectivity index (χ2v) is 9.40. The number of hydrogen-bond donors (Lipinski definition) is 3. The van der Waals surface area contributed by atoms with Crippen molar-refractivity contribution in [3.63, 3.8) is 0 Å². The fourth-order valence-electron chi connectivity index (χ4n) is 3.15. The van der Waals surface area contributed by atoms with Gasteiger partial charge in [-0.1, -0.05) is 0 Å². The maximum atomic E-state index is 12.3. The Morgan fingerprint density at radius 3 is 2.93 bits per heavy atom. The number of carbonyl (C=O) groups is 1. The minimum absolute atomic E-state index is 0. The van der Waals surface area contributed by atoms with Crippen molar-refractivity contribution >= 4 is 51.6 Å². The Balaban J connectivity index is 0.00000261. The van der Waals surface area contributed by atoms with Crippen LogP contribution in [0.3, 0.4) is 0 Å². The van der Waals surface area contributed by atoms with E-state index in [4.69, 9.17) is 0 Å². The van der Waals surface area contributed by atoms with Crippen molar-refractivity contribution < 1.29 is 4.79 Å². The monoisotopic (exact) mass is 430 g/mol. The first kappa shape index (κ1) is 22.2. The minimum Gasteiger partial charge on any atom is -0.355 e. The molecule has 150 valence electrons. The fourth-order valence-corrected chi connectivity index (χ4v) is 4.98. The first-order chi connectivity index (χ1) is 12.5. The quantitative estimate of drug-likeness (QED) is 0.628. The van der Waals surface area contributed by atoms with Crippen molar-refractivity contribution in [3.8, 4) is 0 Å². The molecule has 1 amide bonds. The topological polar surface area (TPSA) is 86.9 Å². The normalized spacial score (nSPS) is 17.7. The minimum atomic E-state index is -0.176. The van der Waals surface area contributed by atoms with Crippen LogP contribution in [0.2, 0.25) is 0 Å². The highest BCUT2D eigenvalue weighted by molar-refractivity contribution is 7.99. The Morgan fingerprint density at radius 2 is 2.22 bits per heavy atom. The van der Waals surface area contributed by atoms with Gasteiger partial charge in [0.15, 0.2) is 0 Å². The molecule has 6 nitrogen and oxygen atoms in total. The summed E-state index contributed by atoms with van der Waals surface area (Å²) in [4.78, 5) is 33.8. The molecule has 2 atom stereocenters. The summed E-state index contributed by atoms with van der Waals surface area (Å²) in [7, 11) is 0. The summed E-state index contributed by atoms with van der Waals surface area (Å²) in [6, 6.07) is 0. The molecule has 2 aromatic rings. The van der Waals surface area contributed by atoms with E-state index in [0.29, 0.717) is 22.9 Å². The van der Waals surface area contributed by atoms with E-state index in [1.165, 1.54) is 18.2 Å². The molecule has 1 aliphatic heterocycles. The Bertz CT molecular complexity index is 846. The first-order valence-corrected chi connectivity index (χ1v) is 10.9. The van der Waals surface area contributed by atoms with Crippen LogP contribution in [0.15, 0.2) is 4.79 Å². The summed E-state index contributed by atoms with van der Waals surface area (Å²) < 4.78 is 0. The number of fused-ring (bicyclic) bond motifs is 1. The predicted molar refractivity (Wildman–Crippen MR) is 116 cm³/mol. The number of rotatable bonds is 7. The molecule has 3 rings (SSSR count). The second kappa shape index (κ2) is 9.91. The highest BCUT2D eigenvalue weighted by atomic mass is 35.5.